The zero-order chi connectivity index (χ0) is 15.1. The summed E-state index contributed by atoms with van der Waals surface area (Å²) in [6, 6.07) is 0.0297. The molecule has 3 N–H and O–H groups in total. The number of aliphatic hydroxyl groups is 1. The van der Waals surface area contributed by atoms with Gasteiger partial charge in [0, 0.05) is 12.6 Å². The molecule has 5 heteroatoms. The molecule has 0 saturated carbocycles. The molecule has 0 radical (unpaired) electrons. The Hall–Kier alpha value is -0.680. The van der Waals surface area contributed by atoms with Crippen molar-refractivity contribution in [2.45, 2.75) is 59.4 Å². The van der Waals surface area contributed by atoms with Crippen LogP contribution in [0.4, 0.5) is 0 Å². The Morgan fingerprint density at radius 2 is 1.79 bits per heavy atom. The second-order valence-electron chi connectivity index (χ2n) is 5.26. The summed E-state index contributed by atoms with van der Waals surface area (Å²) in [5.74, 6) is -0.0345. The van der Waals surface area contributed by atoms with Gasteiger partial charge >= 0.3 is 0 Å². The van der Waals surface area contributed by atoms with Gasteiger partial charge in [-0.3, -0.25) is 4.79 Å². The van der Waals surface area contributed by atoms with Gasteiger partial charge in [-0.1, -0.05) is 38.9 Å². The molecule has 0 atom stereocenters. The Labute approximate surface area is 122 Å². The molecule has 0 bridgehead atoms. The first-order chi connectivity index (χ1) is 8.87. The van der Waals surface area contributed by atoms with Crippen LogP contribution in [-0.2, 0) is 4.79 Å². The van der Waals surface area contributed by atoms with Gasteiger partial charge in [-0.15, -0.1) is 0 Å². The first-order valence-electron chi connectivity index (χ1n) is 7.09. The molecule has 0 aromatic rings. The van der Waals surface area contributed by atoms with Crippen molar-refractivity contribution in [1.29, 1.82) is 0 Å². The number of hydrogen-bond acceptors (Lipinski definition) is 3. The molecular formula is C14H28N2O2S. The van der Waals surface area contributed by atoms with Crippen LogP contribution in [0.15, 0.2) is 0 Å². The zero-order valence-electron chi connectivity index (χ0n) is 12.6. The topological polar surface area (TPSA) is 66.6 Å². The molecule has 0 heterocycles. The molecule has 0 spiro atoms. The highest BCUT2D eigenvalue weighted by Crippen LogP contribution is 2.33. The third kappa shape index (κ3) is 4.42. The van der Waals surface area contributed by atoms with E-state index in [0.717, 1.165) is 12.8 Å². The summed E-state index contributed by atoms with van der Waals surface area (Å²) in [4.78, 5) is 14.8. The van der Waals surface area contributed by atoms with Crippen LogP contribution < -0.4 is 5.73 Å². The van der Waals surface area contributed by atoms with E-state index in [0.29, 0.717) is 19.4 Å². The number of nitrogens with zero attached hydrogens (tertiary/aromatic N) is 1. The Balaban J connectivity index is 5.43. The van der Waals surface area contributed by atoms with E-state index < -0.39 is 5.41 Å². The summed E-state index contributed by atoms with van der Waals surface area (Å²) in [6.45, 7) is 8.22. The third-order valence-corrected chi connectivity index (χ3v) is 3.85. The highest BCUT2D eigenvalue weighted by atomic mass is 32.1. The number of rotatable bonds is 9. The van der Waals surface area contributed by atoms with Crippen molar-refractivity contribution in [2.75, 3.05) is 13.2 Å². The predicted molar refractivity (Wildman–Crippen MR) is 83.0 cm³/mol. The minimum atomic E-state index is -0.752. The second kappa shape index (κ2) is 8.48. The van der Waals surface area contributed by atoms with E-state index in [9.17, 15) is 4.79 Å². The van der Waals surface area contributed by atoms with Crippen LogP contribution in [0.1, 0.15) is 53.4 Å². The summed E-state index contributed by atoms with van der Waals surface area (Å²) in [5.41, 5.74) is 5.15. The summed E-state index contributed by atoms with van der Waals surface area (Å²) < 4.78 is 0. The SMILES string of the molecule is CCCC(CCC)(C(=O)N(CCO)C(C)C)C(N)=S. The molecule has 112 valence electrons. The molecule has 0 aliphatic rings. The minimum absolute atomic E-state index is 0.0297. The number of nitrogens with two attached hydrogens (primary N) is 1. The molecule has 0 aliphatic heterocycles. The van der Waals surface area contributed by atoms with Crippen LogP contribution in [0, 0.1) is 5.41 Å². The fourth-order valence-electron chi connectivity index (χ4n) is 2.52. The quantitative estimate of drug-likeness (QED) is 0.638. The number of amides is 1. The molecule has 0 rings (SSSR count). The van der Waals surface area contributed by atoms with Gasteiger partial charge in [0.25, 0.3) is 0 Å². The van der Waals surface area contributed by atoms with E-state index in [-0.39, 0.29) is 23.5 Å². The second-order valence-corrected chi connectivity index (χ2v) is 5.70. The van der Waals surface area contributed by atoms with E-state index in [1.54, 1.807) is 4.90 Å². The first-order valence-corrected chi connectivity index (χ1v) is 7.50. The van der Waals surface area contributed by atoms with Gasteiger partial charge in [-0.2, -0.15) is 0 Å². The van der Waals surface area contributed by atoms with Gasteiger partial charge in [-0.25, -0.2) is 0 Å². The Kier molecular flexibility index (Phi) is 8.18. The average Bonchev–Trinajstić information content (AvgIpc) is 2.34. The summed E-state index contributed by atoms with van der Waals surface area (Å²) in [6.07, 6.45) is 3.05. The largest absolute Gasteiger partial charge is 0.395 e. The van der Waals surface area contributed by atoms with Crippen molar-refractivity contribution in [3.8, 4) is 0 Å². The summed E-state index contributed by atoms with van der Waals surface area (Å²) in [5, 5.41) is 9.14. The third-order valence-electron chi connectivity index (χ3n) is 3.46. The lowest BCUT2D eigenvalue weighted by atomic mass is 9.77. The van der Waals surface area contributed by atoms with Gasteiger partial charge in [-0.05, 0) is 26.7 Å². The van der Waals surface area contributed by atoms with Crippen molar-refractivity contribution in [3.63, 3.8) is 0 Å². The standard InChI is InChI=1S/C14H28N2O2S/c1-5-7-14(8-6-2,12(15)19)13(18)16(9-10-17)11(3)4/h11,17H,5-10H2,1-4H3,(H2,15,19). The van der Waals surface area contributed by atoms with Crippen LogP contribution in [0.25, 0.3) is 0 Å². The van der Waals surface area contributed by atoms with Crippen molar-refractivity contribution < 1.29 is 9.90 Å². The zero-order valence-corrected chi connectivity index (χ0v) is 13.4. The molecule has 19 heavy (non-hydrogen) atoms. The summed E-state index contributed by atoms with van der Waals surface area (Å²) in [7, 11) is 0. The Morgan fingerprint density at radius 3 is 2.05 bits per heavy atom. The maximum absolute atomic E-state index is 12.9. The number of aliphatic hydroxyl groups excluding tert-OH is 1. The smallest absolute Gasteiger partial charge is 0.235 e. The fourth-order valence-corrected chi connectivity index (χ4v) is 2.81. The van der Waals surface area contributed by atoms with Gasteiger partial charge in [0.05, 0.1) is 17.0 Å². The molecule has 0 aromatic heterocycles. The normalized spacial score (nSPS) is 11.7. The lowest BCUT2D eigenvalue weighted by Crippen LogP contribution is -2.53. The van der Waals surface area contributed by atoms with Crippen molar-refractivity contribution in [1.82, 2.24) is 4.90 Å². The lowest BCUT2D eigenvalue weighted by molar-refractivity contribution is -0.141. The monoisotopic (exact) mass is 288 g/mol. The fraction of sp³-hybridized carbons (Fsp3) is 0.857. The van der Waals surface area contributed by atoms with Gasteiger partial charge in [0.1, 0.15) is 0 Å². The highest BCUT2D eigenvalue weighted by molar-refractivity contribution is 7.80. The average molecular weight is 288 g/mol. The molecule has 1 amide bonds. The van der Waals surface area contributed by atoms with E-state index in [1.807, 2.05) is 27.7 Å². The lowest BCUT2D eigenvalue weighted by Gasteiger charge is -2.38. The maximum Gasteiger partial charge on any atom is 0.235 e. The van der Waals surface area contributed by atoms with E-state index in [2.05, 4.69) is 0 Å². The van der Waals surface area contributed by atoms with Crippen LogP contribution in [0.5, 0.6) is 0 Å². The maximum atomic E-state index is 12.9. The summed E-state index contributed by atoms with van der Waals surface area (Å²) >= 11 is 5.19. The molecule has 0 unspecified atom stereocenters. The first kappa shape index (κ1) is 18.3. The van der Waals surface area contributed by atoms with Crippen LogP contribution in [0.2, 0.25) is 0 Å². The molecule has 0 fully saturated rings. The van der Waals surface area contributed by atoms with Gasteiger partial charge in [0.2, 0.25) is 5.91 Å². The molecule has 0 aromatic carbocycles. The molecular weight excluding hydrogens is 260 g/mol. The van der Waals surface area contributed by atoms with Gasteiger partial charge < -0.3 is 15.7 Å². The highest BCUT2D eigenvalue weighted by Gasteiger charge is 2.42. The Bertz CT molecular complexity index is 300. The van der Waals surface area contributed by atoms with Crippen LogP contribution in [-0.4, -0.2) is 40.1 Å². The number of carbonyl (C=O) groups is 1. The van der Waals surface area contributed by atoms with Crippen LogP contribution >= 0.6 is 12.2 Å². The number of carbonyl (C=O) groups excluding carboxylic acids is 1. The van der Waals surface area contributed by atoms with E-state index in [1.165, 1.54) is 0 Å². The molecule has 0 saturated heterocycles. The van der Waals surface area contributed by atoms with Crippen LogP contribution in [0.3, 0.4) is 0 Å². The predicted octanol–water partition coefficient (Wildman–Crippen LogP) is 2.09. The van der Waals surface area contributed by atoms with Crippen molar-refractivity contribution in [3.05, 3.63) is 0 Å². The van der Waals surface area contributed by atoms with E-state index >= 15 is 0 Å². The molecule has 0 aliphatic carbocycles. The van der Waals surface area contributed by atoms with Crippen molar-refractivity contribution >= 4 is 23.1 Å². The minimum Gasteiger partial charge on any atom is -0.395 e. The molecule has 4 nitrogen and oxygen atoms in total. The van der Waals surface area contributed by atoms with Gasteiger partial charge in [0.15, 0.2) is 0 Å². The van der Waals surface area contributed by atoms with Crippen molar-refractivity contribution in [2.24, 2.45) is 11.1 Å². The number of hydrogen-bond donors (Lipinski definition) is 2. The number of thiocarbonyl (C=S) groups is 1. The van der Waals surface area contributed by atoms with E-state index in [4.69, 9.17) is 23.1 Å². The Morgan fingerprint density at radius 1 is 1.32 bits per heavy atom.